The Labute approximate surface area is 163 Å². The maximum Gasteiger partial charge on any atom is 0.306 e. The molecule has 5 nitrogen and oxygen atoms in total. The number of rotatable bonds is 6. The van der Waals surface area contributed by atoms with Crippen molar-refractivity contribution in [3.8, 4) is 0 Å². The Hall–Kier alpha value is -1.69. The van der Waals surface area contributed by atoms with Crippen LogP contribution >= 0.6 is 0 Å². The molecule has 27 heavy (non-hydrogen) atoms. The van der Waals surface area contributed by atoms with Crippen LogP contribution in [0.5, 0.6) is 0 Å². The molecular weight excluding hydrogens is 362 g/mol. The highest BCUT2D eigenvalue weighted by Crippen LogP contribution is 2.30. The van der Waals surface area contributed by atoms with E-state index >= 15 is 0 Å². The molecule has 1 unspecified atom stereocenters. The minimum Gasteiger partial charge on any atom is -0.481 e. The molecule has 0 saturated heterocycles. The lowest BCUT2D eigenvalue weighted by atomic mass is 9.81. The number of hydrogen-bond donors (Lipinski definition) is 2. The molecule has 2 aliphatic rings. The molecule has 0 aliphatic heterocycles. The van der Waals surface area contributed by atoms with Crippen molar-refractivity contribution in [1.29, 1.82) is 0 Å². The fraction of sp³-hybridized carbons (Fsp3) is 0.619. The van der Waals surface area contributed by atoms with Gasteiger partial charge in [-0.05, 0) is 56.2 Å². The lowest BCUT2D eigenvalue weighted by molar-refractivity contribution is -0.143. The Balaban J connectivity index is 1.53. The number of hydrogen-bond acceptors (Lipinski definition) is 3. The van der Waals surface area contributed by atoms with Gasteiger partial charge in [-0.1, -0.05) is 31.4 Å². The smallest absolute Gasteiger partial charge is 0.306 e. The zero-order valence-electron chi connectivity index (χ0n) is 15.7. The summed E-state index contributed by atoms with van der Waals surface area (Å²) in [5.74, 6) is -0.692. The van der Waals surface area contributed by atoms with Crippen molar-refractivity contribution >= 4 is 28.4 Å². The summed E-state index contributed by atoms with van der Waals surface area (Å²) in [6.07, 6.45) is 8.09. The summed E-state index contributed by atoms with van der Waals surface area (Å²) >= 11 is 0. The molecule has 2 saturated carbocycles. The van der Waals surface area contributed by atoms with Gasteiger partial charge in [0.25, 0.3) is 0 Å². The van der Waals surface area contributed by atoms with Crippen LogP contribution in [0.4, 0.5) is 5.69 Å². The van der Waals surface area contributed by atoms with Crippen LogP contribution in [0.1, 0.15) is 63.4 Å². The molecule has 0 spiro atoms. The van der Waals surface area contributed by atoms with Gasteiger partial charge < -0.3 is 10.4 Å². The Morgan fingerprint density at radius 3 is 2.33 bits per heavy atom. The normalized spacial score (nSPS) is 24.9. The first kappa shape index (κ1) is 20.1. The molecule has 6 heteroatoms. The summed E-state index contributed by atoms with van der Waals surface area (Å²) in [7, 11) is -0.860. The van der Waals surface area contributed by atoms with Gasteiger partial charge in [0, 0.05) is 33.4 Å². The average Bonchev–Trinajstić information content (AvgIpc) is 2.69. The average molecular weight is 392 g/mol. The monoisotopic (exact) mass is 391 g/mol. The quantitative estimate of drug-likeness (QED) is 0.765. The van der Waals surface area contributed by atoms with Gasteiger partial charge in [0.15, 0.2) is 0 Å². The molecule has 2 fully saturated rings. The Kier molecular flexibility index (Phi) is 7.05. The second kappa shape index (κ2) is 9.49. The van der Waals surface area contributed by atoms with E-state index in [2.05, 4.69) is 5.32 Å². The van der Waals surface area contributed by atoms with E-state index in [1.54, 1.807) is 0 Å². The number of carbonyl (C=O) groups is 2. The third kappa shape index (κ3) is 5.64. The van der Waals surface area contributed by atoms with Crippen molar-refractivity contribution in [3.05, 3.63) is 29.8 Å². The van der Waals surface area contributed by atoms with Gasteiger partial charge in [0.1, 0.15) is 0 Å². The SMILES string of the molecule is O=C(O)C1CCC(C(=O)Nc2cccc(CS(=O)C3CCCCC3)c2)CC1. The van der Waals surface area contributed by atoms with Crippen molar-refractivity contribution in [3.63, 3.8) is 0 Å². The fourth-order valence-electron chi connectivity index (χ4n) is 4.20. The molecule has 2 N–H and O–H groups in total. The number of amides is 1. The van der Waals surface area contributed by atoms with Gasteiger partial charge in [0.05, 0.1) is 5.92 Å². The Bertz CT molecular complexity index is 691. The highest BCUT2D eigenvalue weighted by Gasteiger charge is 2.29. The molecular formula is C21H29NO4S. The third-order valence-electron chi connectivity index (χ3n) is 5.87. The molecule has 0 heterocycles. The molecule has 0 aromatic heterocycles. The molecule has 1 atom stereocenters. The topological polar surface area (TPSA) is 83.5 Å². The Morgan fingerprint density at radius 1 is 1.00 bits per heavy atom. The first-order chi connectivity index (χ1) is 13.0. The molecule has 2 aliphatic carbocycles. The minimum absolute atomic E-state index is 0.0376. The van der Waals surface area contributed by atoms with Crippen LogP contribution < -0.4 is 5.32 Å². The maximum atomic E-state index is 12.6. The predicted molar refractivity (Wildman–Crippen MR) is 107 cm³/mol. The zero-order valence-corrected chi connectivity index (χ0v) is 16.5. The predicted octanol–water partition coefficient (Wildman–Crippen LogP) is 4.10. The standard InChI is InChI=1S/C21H29NO4S/c23-20(16-9-11-17(12-10-16)21(24)25)22-18-6-4-5-15(13-18)14-27(26)19-7-2-1-3-8-19/h4-6,13,16-17,19H,1-3,7-12,14H2,(H,22,23)(H,24,25). The van der Waals surface area contributed by atoms with E-state index in [1.807, 2.05) is 24.3 Å². The molecule has 1 amide bonds. The van der Waals surface area contributed by atoms with Crippen LogP contribution in [-0.4, -0.2) is 26.4 Å². The van der Waals surface area contributed by atoms with Crippen LogP contribution in [-0.2, 0) is 26.1 Å². The van der Waals surface area contributed by atoms with Gasteiger partial charge in [-0.25, -0.2) is 0 Å². The second-order valence-electron chi connectivity index (χ2n) is 7.86. The van der Waals surface area contributed by atoms with E-state index in [9.17, 15) is 13.8 Å². The van der Waals surface area contributed by atoms with E-state index in [0.29, 0.717) is 36.7 Å². The van der Waals surface area contributed by atoms with Crippen molar-refractivity contribution < 1.29 is 18.9 Å². The van der Waals surface area contributed by atoms with Crippen molar-refractivity contribution in [2.75, 3.05) is 5.32 Å². The van der Waals surface area contributed by atoms with Crippen LogP contribution in [0.25, 0.3) is 0 Å². The lowest BCUT2D eigenvalue weighted by Crippen LogP contribution is -2.29. The molecule has 0 radical (unpaired) electrons. The lowest BCUT2D eigenvalue weighted by Gasteiger charge is -2.25. The van der Waals surface area contributed by atoms with E-state index in [1.165, 1.54) is 19.3 Å². The van der Waals surface area contributed by atoms with Crippen LogP contribution in [0.2, 0.25) is 0 Å². The summed E-state index contributed by atoms with van der Waals surface area (Å²) in [5, 5.41) is 12.3. The van der Waals surface area contributed by atoms with E-state index < -0.39 is 16.8 Å². The largest absolute Gasteiger partial charge is 0.481 e. The number of nitrogens with one attached hydrogen (secondary N) is 1. The summed E-state index contributed by atoms with van der Waals surface area (Å²) in [6, 6.07) is 7.63. The van der Waals surface area contributed by atoms with Gasteiger partial charge in [-0.15, -0.1) is 0 Å². The second-order valence-corrected chi connectivity index (χ2v) is 9.58. The number of carbonyl (C=O) groups excluding carboxylic acids is 1. The van der Waals surface area contributed by atoms with Gasteiger partial charge in [-0.3, -0.25) is 13.8 Å². The fourth-order valence-corrected chi connectivity index (χ4v) is 5.80. The maximum absolute atomic E-state index is 12.6. The summed E-state index contributed by atoms with van der Waals surface area (Å²) in [4.78, 5) is 23.5. The number of anilines is 1. The highest BCUT2D eigenvalue weighted by atomic mass is 32.2. The zero-order chi connectivity index (χ0) is 19.2. The number of aliphatic carboxylic acids is 1. The summed E-state index contributed by atoms with van der Waals surface area (Å²) in [6.45, 7) is 0. The van der Waals surface area contributed by atoms with E-state index in [0.717, 1.165) is 24.1 Å². The third-order valence-corrected chi connectivity index (χ3v) is 7.71. The van der Waals surface area contributed by atoms with Crippen molar-refractivity contribution in [2.24, 2.45) is 11.8 Å². The van der Waals surface area contributed by atoms with E-state index in [4.69, 9.17) is 5.11 Å². The van der Waals surface area contributed by atoms with Crippen LogP contribution in [0.3, 0.4) is 0 Å². The summed E-state index contributed by atoms with van der Waals surface area (Å²) < 4.78 is 12.6. The summed E-state index contributed by atoms with van der Waals surface area (Å²) in [5.41, 5.74) is 1.73. The van der Waals surface area contributed by atoms with Crippen molar-refractivity contribution in [2.45, 2.75) is 68.8 Å². The molecule has 0 bridgehead atoms. The van der Waals surface area contributed by atoms with Gasteiger partial charge in [0.2, 0.25) is 5.91 Å². The van der Waals surface area contributed by atoms with Crippen LogP contribution in [0, 0.1) is 11.8 Å². The molecule has 1 aromatic carbocycles. The molecule has 1 aromatic rings. The minimum atomic E-state index is -0.860. The van der Waals surface area contributed by atoms with Crippen LogP contribution in [0.15, 0.2) is 24.3 Å². The number of benzene rings is 1. The van der Waals surface area contributed by atoms with E-state index in [-0.39, 0.29) is 17.7 Å². The van der Waals surface area contributed by atoms with Gasteiger partial charge >= 0.3 is 5.97 Å². The molecule has 3 rings (SSSR count). The Morgan fingerprint density at radius 2 is 1.67 bits per heavy atom. The number of carboxylic acid groups (broad SMARTS) is 1. The van der Waals surface area contributed by atoms with Crippen molar-refractivity contribution in [1.82, 2.24) is 0 Å². The first-order valence-electron chi connectivity index (χ1n) is 10.0. The highest BCUT2D eigenvalue weighted by molar-refractivity contribution is 7.84. The number of carboxylic acids is 1. The van der Waals surface area contributed by atoms with Gasteiger partial charge in [-0.2, -0.15) is 0 Å². The first-order valence-corrected chi connectivity index (χ1v) is 11.4. The molecule has 148 valence electrons.